The number of carbonyl (C=O) groups excluding carboxylic acids is 3. The van der Waals surface area contributed by atoms with Gasteiger partial charge in [-0.05, 0) is 50.8 Å². The predicted molar refractivity (Wildman–Crippen MR) is 135 cm³/mol. The average molecular weight is 573 g/mol. The Morgan fingerprint density at radius 3 is 1.95 bits per heavy atom. The molecule has 0 radical (unpaired) electrons. The normalized spacial score (nSPS) is 17.0. The van der Waals surface area contributed by atoms with E-state index >= 15 is 0 Å². The lowest BCUT2D eigenvalue weighted by Gasteiger charge is -2.30. The Morgan fingerprint density at radius 2 is 1.38 bits per heavy atom. The number of para-hydroxylation sites is 1. The van der Waals surface area contributed by atoms with Gasteiger partial charge in [-0.25, -0.2) is 0 Å². The lowest BCUT2D eigenvalue weighted by atomic mass is 9.83. The molecule has 0 spiro atoms. The van der Waals surface area contributed by atoms with E-state index in [4.69, 9.17) is 4.74 Å². The minimum Gasteiger partial charge on any atom is -0.460 e. The van der Waals surface area contributed by atoms with Gasteiger partial charge in [0, 0.05) is 24.1 Å². The van der Waals surface area contributed by atoms with Crippen LogP contribution < -0.4 is 10.6 Å². The maximum atomic E-state index is 13.6. The van der Waals surface area contributed by atoms with E-state index in [1.165, 1.54) is 20.8 Å². The van der Waals surface area contributed by atoms with Gasteiger partial charge in [0.15, 0.2) is 0 Å². The number of rotatable bonds is 8. The number of nitrogens with one attached hydrogen (secondary N) is 2. The number of carbonyl (C=O) groups is 3. The first-order valence-electron chi connectivity index (χ1n) is 12.6. The largest absolute Gasteiger partial charge is 0.460 e. The van der Waals surface area contributed by atoms with Crippen molar-refractivity contribution >= 4 is 23.5 Å². The van der Waals surface area contributed by atoms with Crippen molar-refractivity contribution in [3.8, 4) is 11.1 Å². The molecule has 2 amide bonds. The monoisotopic (exact) mass is 572 g/mol. The molecule has 2 aromatic carbocycles. The summed E-state index contributed by atoms with van der Waals surface area (Å²) in [6.45, 7) is 4.34. The van der Waals surface area contributed by atoms with Crippen molar-refractivity contribution in [1.82, 2.24) is 5.32 Å². The summed E-state index contributed by atoms with van der Waals surface area (Å²) in [6.07, 6.45) is -14.5. The molecule has 1 aliphatic rings. The number of hydrogen-bond donors (Lipinski definition) is 2. The van der Waals surface area contributed by atoms with Crippen molar-refractivity contribution in [2.45, 2.75) is 70.4 Å². The number of esters is 1. The molecule has 0 unspecified atom stereocenters. The van der Waals surface area contributed by atoms with Crippen molar-refractivity contribution in [2.24, 2.45) is 11.8 Å². The van der Waals surface area contributed by atoms with Gasteiger partial charge in [0.05, 0.1) is 11.8 Å². The van der Waals surface area contributed by atoms with Gasteiger partial charge >= 0.3 is 18.3 Å². The zero-order chi connectivity index (χ0) is 29.9. The third-order valence-electron chi connectivity index (χ3n) is 6.31. The molecule has 40 heavy (non-hydrogen) atoms. The molecule has 1 aliphatic heterocycles. The van der Waals surface area contributed by atoms with Crippen molar-refractivity contribution in [1.29, 1.82) is 0 Å². The van der Waals surface area contributed by atoms with Gasteiger partial charge in [0.25, 0.3) is 5.91 Å². The first kappa shape index (κ1) is 31.0. The van der Waals surface area contributed by atoms with E-state index in [0.29, 0.717) is 22.4 Å². The van der Waals surface area contributed by atoms with Crippen LogP contribution in [0.25, 0.3) is 11.1 Å². The van der Waals surface area contributed by atoms with Gasteiger partial charge in [0.1, 0.15) is 11.6 Å². The van der Waals surface area contributed by atoms with E-state index in [1.807, 2.05) is 0 Å². The van der Waals surface area contributed by atoms with Gasteiger partial charge in [-0.3, -0.25) is 14.4 Å². The first-order valence-corrected chi connectivity index (χ1v) is 12.6. The number of hydrogen-bond acceptors (Lipinski definition) is 4. The van der Waals surface area contributed by atoms with Crippen LogP contribution in [0.5, 0.6) is 0 Å². The topological polar surface area (TPSA) is 84.5 Å². The molecule has 6 nitrogen and oxygen atoms in total. The number of benzene rings is 2. The van der Waals surface area contributed by atoms with Crippen LogP contribution in [0, 0.1) is 11.8 Å². The van der Waals surface area contributed by atoms with E-state index in [2.05, 4.69) is 10.6 Å². The maximum Gasteiger partial charge on any atom is 0.389 e. The third kappa shape index (κ3) is 8.46. The second kappa shape index (κ2) is 11.9. The quantitative estimate of drug-likeness (QED) is 0.272. The summed E-state index contributed by atoms with van der Waals surface area (Å²) in [7, 11) is 0. The molecular weight excluding hydrogens is 542 g/mol. The third-order valence-corrected chi connectivity index (χ3v) is 6.31. The lowest BCUT2D eigenvalue weighted by Crippen LogP contribution is -2.45. The van der Waals surface area contributed by atoms with Crippen molar-refractivity contribution < 1.29 is 45.5 Å². The summed E-state index contributed by atoms with van der Waals surface area (Å²) in [6, 6.07) is 11.9. The number of ether oxygens (including phenoxy) is 1. The highest BCUT2D eigenvalue weighted by Gasteiger charge is 2.43. The van der Waals surface area contributed by atoms with E-state index < -0.39 is 79.3 Å². The standard InChI is InChI=1S/C28H30F6N2O4/c1-26(2,3)40-25(39)20(13-15-28(32,33)34)19(12-14-27(29,30)31)23(37)36-22-18-10-5-4-8-16(18)17-9-6-7-11-21(17)35-24(22)38/h4-11,19-20,22H,12-15H2,1-3H3,(H,35,38)(H,36,37)/t19-,20+,22+/m1/s1. The maximum absolute atomic E-state index is 13.6. The van der Waals surface area contributed by atoms with E-state index in [-0.39, 0.29) is 0 Å². The second-order valence-electron chi connectivity index (χ2n) is 10.6. The number of halogens is 6. The summed E-state index contributed by atoms with van der Waals surface area (Å²) < 4.78 is 84.3. The summed E-state index contributed by atoms with van der Waals surface area (Å²) in [4.78, 5) is 39.7. The Morgan fingerprint density at radius 1 is 0.850 bits per heavy atom. The molecule has 0 fully saturated rings. The Balaban J connectivity index is 2.00. The highest BCUT2D eigenvalue weighted by atomic mass is 19.4. The van der Waals surface area contributed by atoms with Crippen LogP contribution in [0.4, 0.5) is 32.0 Å². The molecule has 0 aliphatic carbocycles. The number of fused-ring (bicyclic) bond motifs is 3. The molecule has 0 saturated carbocycles. The van der Waals surface area contributed by atoms with E-state index in [0.717, 1.165) is 0 Å². The molecule has 1 heterocycles. The van der Waals surface area contributed by atoms with Crippen LogP contribution in [-0.4, -0.2) is 35.7 Å². The summed E-state index contributed by atoms with van der Waals surface area (Å²) >= 11 is 0. The molecule has 12 heteroatoms. The average Bonchev–Trinajstić information content (AvgIpc) is 2.93. The van der Waals surface area contributed by atoms with Crippen LogP contribution in [-0.2, 0) is 19.1 Å². The summed E-state index contributed by atoms with van der Waals surface area (Å²) in [5.74, 6) is -6.79. The minimum atomic E-state index is -4.75. The zero-order valence-electron chi connectivity index (χ0n) is 22.1. The van der Waals surface area contributed by atoms with Crippen molar-refractivity contribution in [2.75, 3.05) is 5.32 Å². The Hall–Kier alpha value is -3.57. The molecule has 3 rings (SSSR count). The fourth-order valence-electron chi connectivity index (χ4n) is 4.57. The molecule has 218 valence electrons. The van der Waals surface area contributed by atoms with Crippen LogP contribution >= 0.6 is 0 Å². The summed E-state index contributed by atoms with van der Waals surface area (Å²) in [5, 5.41) is 5.10. The van der Waals surface area contributed by atoms with Gasteiger partial charge < -0.3 is 15.4 Å². The van der Waals surface area contributed by atoms with Crippen molar-refractivity contribution in [3.05, 3.63) is 54.1 Å². The Kier molecular flexibility index (Phi) is 9.21. The molecule has 0 aromatic heterocycles. The van der Waals surface area contributed by atoms with Crippen LogP contribution in [0.15, 0.2) is 48.5 Å². The Bertz CT molecular complexity index is 1240. The predicted octanol–water partition coefficient (Wildman–Crippen LogP) is 6.72. The first-order chi connectivity index (χ1) is 18.5. The Labute approximate surface area is 227 Å². The van der Waals surface area contributed by atoms with Gasteiger partial charge in [-0.2, -0.15) is 26.3 Å². The molecule has 2 N–H and O–H groups in total. The highest BCUT2D eigenvalue weighted by molar-refractivity contribution is 6.04. The molecule has 0 saturated heterocycles. The lowest BCUT2D eigenvalue weighted by molar-refractivity contribution is -0.171. The summed E-state index contributed by atoms with van der Waals surface area (Å²) in [5.41, 5.74) is 0.784. The molecule has 2 aromatic rings. The van der Waals surface area contributed by atoms with Gasteiger partial charge in [-0.15, -0.1) is 0 Å². The van der Waals surface area contributed by atoms with E-state index in [1.54, 1.807) is 48.5 Å². The molecular formula is C28H30F6N2O4. The number of amides is 2. The van der Waals surface area contributed by atoms with Gasteiger partial charge in [0.2, 0.25) is 5.91 Å². The zero-order valence-corrected chi connectivity index (χ0v) is 22.1. The minimum absolute atomic E-state index is 0.331. The number of anilines is 1. The van der Waals surface area contributed by atoms with Crippen LogP contribution in [0.2, 0.25) is 0 Å². The smallest absolute Gasteiger partial charge is 0.389 e. The van der Waals surface area contributed by atoms with Crippen LogP contribution in [0.3, 0.4) is 0 Å². The molecule has 3 atom stereocenters. The van der Waals surface area contributed by atoms with Crippen molar-refractivity contribution in [3.63, 3.8) is 0 Å². The number of alkyl halides is 6. The van der Waals surface area contributed by atoms with E-state index in [9.17, 15) is 40.7 Å². The second-order valence-corrected chi connectivity index (χ2v) is 10.6. The van der Waals surface area contributed by atoms with Crippen LogP contribution in [0.1, 0.15) is 58.1 Å². The fourth-order valence-corrected chi connectivity index (χ4v) is 4.57. The highest BCUT2D eigenvalue weighted by Crippen LogP contribution is 2.38. The van der Waals surface area contributed by atoms with Gasteiger partial charge in [-0.1, -0.05) is 42.5 Å². The molecule has 0 bridgehead atoms. The fraction of sp³-hybridized carbons (Fsp3) is 0.464. The SMILES string of the molecule is CC(C)(C)OC(=O)[C@@H](CCC(F)(F)F)[C@@H](CCC(F)(F)F)C(=O)N[C@@H]1C(=O)Nc2ccccc2-c2ccccc21.